The summed E-state index contributed by atoms with van der Waals surface area (Å²) in [5.74, 6) is -1.82. The average molecular weight is 296 g/mol. The van der Waals surface area contributed by atoms with Crippen LogP contribution in [0.5, 0.6) is 0 Å². The predicted octanol–water partition coefficient (Wildman–Crippen LogP) is 3.27. The molecule has 1 aromatic heterocycles. The van der Waals surface area contributed by atoms with E-state index in [0.29, 0.717) is 18.7 Å². The van der Waals surface area contributed by atoms with E-state index in [1.807, 2.05) is 11.4 Å². The Kier molecular flexibility index (Phi) is 4.81. The van der Waals surface area contributed by atoms with Gasteiger partial charge in [0.15, 0.2) is 11.6 Å². The van der Waals surface area contributed by atoms with E-state index in [2.05, 4.69) is 10.6 Å². The van der Waals surface area contributed by atoms with E-state index < -0.39 is 11.6 Å². The first-order valence-electron chi connectivity index (χ1n) is 6.05. The van der Waals surface area contributed by atoms with Crippen molar-refractivity contribution < 1.29 is 13.6 Å². The number of carbonyl (C=O) groups is 1. The Hall–Kier alpha value is -1.79. The lowest BCUT2D eigenvalue weighted by Crippen LogP contribution is -2.14. The number of rotatable bonds is 5. The van der Waals surface area contributed by atoms with Gasteiger partial charge in [-0.25, -0.2) is 8.78 Å². The van der Waals surface area contributed by atoms with Crippen molar-refractivity contribution in [2.45, 2.75) is 20.0 Å². The number of hydrogen-bond donors (Lipinski definition) is 2. The maximum atomic E-state index is 13.0. The molecule has 3 nitrogen and oxygen atoms in total. The van der Waals surface area contributed by atoms with Crippen LogP contribution in [0.3, 0.4) is 0 Å². The van der Waals surface area contributed by atoms with Crippen molar-refractivity contribution in [3.63, 3.8) is 0 Å². The van der Waals surface area contributed by atoms with Crippen LogP contribution in [0.2, 0.25) is 0 Å². The summed E-state index contributed by atoms with van der Waals surface area (Å²) < 4.78 is 25.8. The predicted molar refractivity (Wildman–Crippen MR) is 75.5 cm³/mol. The second kappa shape index (κ2) is 6.58. The molecule has 20 heavy (non-hydrogen) atoms. The molecule has 1 amide bonds. The highest BCUT2D eigenvalue weighted by Crippen LogP contribution is 2.22. The third-order valence-electron chi connectivity index (χ3n) is 2.65. The number of amides is 1. The molecule has 1 aromatic carbocycles. The second-order valence-corrected chi connectivity index (χ2v) is 5.29. The van der Waals surface area contributed by atoms with Crippen LogP contribution in [0.15, 0.2) is 29.6 Å². The van der Waals surface area contributed by atoms with Gasteiger partial charge in [0.05, 0.1) is 5.69 Å². The fraction of sp³-hybridized carbons (Fsp3) is 0.214. The van der Waals surface area contributed by atoms with Crippen molar-refractivity contribution >= 4 is 22.9 Å². The lowest BCUT2D eigenvalue weighted by Gasteiger charge is -2.07. The van der Waals surface area contributed by atoms with E-state index in [1.165, 1.54) is 30.4 Å². The van der Waals surface area contributed by atoms with Crippen molar-refractivity contribution in [3.05, 3.63) is 51.7 Å². The van der Waals surface area contributed by atoms with Crippen molar-refractivity contribution in [2.75, 3.05) is 5.32 Å². The zero-order valence-electron chi connectivity index (χ0n) is 10.9. The van der Waals surface area contributed by atoms with Crippen LogP contribution in [-0.2, 0) is 17.9 Å². The van der Waals surface area contributed by atoms with Crippen LogP contribution < -0.4 is 10.6 Å². The Labute approximate surface area is 119 Å². The van der Waals surface area contributed by atoms with Gasteiger partial charge < -0.3 is 10.6 Å². The minimum absolute atomic E-state index is 0.120. The van der Waals surface area contributed by atoms with Crippen LogP contribution in [-0.4, -0.2) is 5.91 Å². The lowest BCUT2D eigenvalue weighted by molar-refractivity contribution is -0.114. The molecule has 2 rings (SSSR count). The van der Waals surface area contributed by atoms with E-state index in [-0.39, 0.29) is 5.91 Å². The smallest absolute Gasteiger partial charge is 0.221 e. The van der Waals surface area contributed by atoms with Crippen LogP contribution in [0.1, 0.15) is 17.4 Å². The Bertz CT molecular complexity index is 613. The first-order valence-corrected chi connectivity index (χ1v) is 6.93. The van der Waals surface area contributed by atoms with Crippen molar-refractivity contribution in [1.29, 1.82) is 0 Å². The average Bonchev–Trinajstić information content (AvgIpc) is 2.80. The number of benzene rings is 1. The number of halogens is 2. The monoisotopic (exact) mass is 296 g/mol. The van der Waals surface area contributed by atoms with Gasteiger partial charge in [-0.3, -0.25) is 4.79 Å². The molecular weight excluding hydrogens is 282 g/mol. The third kappa shape index (κ3) is 3.85. The number of hydrogen-bond acceptors (Lipinski definition) is 3. The van der Waals surface area contributed by atoms with Gasteiger partial charge in [-0.2, -0.15) is 0 Å². The second-order valence-electron chi connectivity index (χ2n) is 4.29. The molecule has 0 bridgehead atoms. The quantitative estimate of drug-likeness (QED) is 0.889. The molecule has 2 N–H and O–H groups in total. The molecule has 0 saturated heterocycles. The summed E-state index contributed by atoms with van der Waals surface area (Å²) in [6.07, 6.45) is 0. The van der Waals surface area contributed by atoms with Crippen LogP contribution >= 0.6 is 11.3 Å². The molecule has 0 atom stereocenters. The van der Waals surface area contributed by atoms with Gasteiger partial charge >= 0.3 is 0 Å². The maximum Gasteiger partial charge on any atom is 0.221 e. The zero-order valence-corrected chi connectivity index (χ0v) is 11.7. The summed E-state index contributed by atoms with van der Waals surface area (Å²) in [7, 11) is 0. The summed E-state index contributed by atoms with van der Waals surface area (Å²) in [6.45, 7) is 2.43. The molecule has 0 aliphatic carbocycles. The molecule has 2 aromatic rings. The number of thiophene rings is 1. The van der Waals surface area contributed by atoms with Gasteiger partial charge in [0, 0.05) is 24.9 Å². The normalized spacial score (nSPS) is 10.6. The molecule has 0 unspecified atom stereocenters. The van der Waals surface area contributed by atoms with Gasteiger partial charge in [-0.05, 0) is 29.1 Å². The first-order chi connectivity index (χ1) is 9.56. The van der Waals surface area contributed by atoms with Crippen LogP contribution in [0.25, 0.3) is 0 Å². The van der Waals surface area contributed by atoms with E-state index in [0.717, 1.165) is 16.6 Å². The van der Waals surface area contributed by atoms with Crippen molar-refractivity contribution in [2.24, 2.45) is 0 Å². The molecule has 0 fully saturated rings. The highest BCUT2D eigenvalue weighted by molar-refractivity contribution is 7.10. The number of carbonyl (C=O) groups excluding carboxylic acids is 1. The molecule has 0 spiro atoms. The number of anilines is 1. The molecular formula is C14H14F2N2OS. The van der Waals surface area contributed by atoms with E-state index >= 15 is 0 Å². The summed E-state index contributed by atoms with van der Waals surface area (Å²) in [5.41, 5.74) is 1.45. The fourth-order valence-corrected chi connectivity index (χ4v) is 2.55. The highest BCUT2D eigenvalue weighted by atomic mass is 32.1. The summed E-state index contributed by atoms with van der Waals surface area (Å²) in [5, 5.41) is 7.76. The van der Waals surface area contributed by atoms with Gasteiger partial charge in [-0.1, -0.05) is 6.07 Å². The lowest BCUT2D eigenvalue weighted by atomic mass is 10.2. The summed E-state index contributed by atoms with van der Waals surface area (Å²) in [4.78, 5) is 12.0. The Morgan fingerprint density at radius 1 is 1.20 bits per heavy atom. The first kappa shape index (κ1) is 14.6. The van der Waals surface area contributed by atoms with E-state index in [9.17, 15) is 13.6 Å². The van der Waals surface area contributed by atoms with Gasteiger partial charge in [-0.15, -0.1) is 11.3 Å². The summed E-state index contributed by atoms with van der Waals surface area (Å²) >= 11 is 1.52. The largest absolute Gasteiger partial charge is 0.325 e. The molecule has 1 heterocycles. The Morgan fingerprint density at radius 3 is 2.70 bits per heavy atom. The van der Waals surface area contributed by atoms with Gasteiger partial charge in [0.25, 0.3) is 0 Å². The van der Waals surface area contributed by atoms with Gasteiger partial charge in [0.2, 0.25) is 5.91 Å². The fourth-order valence-electron chi connectivity index (χ4n) is 1.75. The highest BCUT2D eigenvalue weighted by Gasteiger charge is 2.06. The standard InChI is InChI=1S/C14H14F2N2OS/c1-9(19)18-13-4-5-20-14(13)8-17-7-10-2-3-11(15)12(16)6-10/h2-6,17H,7-8H2,1H3,(H,18,19). The molecule has 0 aliphatic rings. The minimum atomic E-state index is -0.848. The van der Waals surface area contributed by atoms with Crippen molar-refractivity contribution in [1.82, 2.24) is 5.32 Å². The molecule has 106 valence electrons. The third-order valence-corrected chi connectivity index (χ3v) is 3.58. The Balaban J connectivity index is 1.91. The zero-order chi connectivity index (χ0) is 14.5. The number of nitrogens with one attached hydrogen (secondary N) is 2. The summed E-state index contributed by atoms with van der Waals surface area (Å²) in [6, 6.07) is 5.65. The van der Waals surface area contributed by atoms with Crippen LogP contribution in [0, 0.1) is 11.6 Å². The molecule has 6 heteroatoms. The van der Waals surface area contributed by atoms with Gasteiger partial charge in [0.1, 0.15) is 0 Å². The van der Waals surface area contributed by atoms with Crippen LogP contribution in [0.4, 0.5) is 14.5 Å². The van der Waals surface area contributed by atoms with E-state index in [1.54, 1.807) is 0 Å². The van der Waals surface area contributed by atoms with Crippen molar-refractivity contribution in [3.8, 4) is 0 Å². The van der Waals surface area contributed by atoms with E-state index in [4.69, 9.17) is 0 Å². The maximum absolute atomic E-state index is 13.0. The molecule has 0 radical (unpaired) electrons. The molecule has 0 saturated carbocycles. The Morgan fingerprint density at radius 2 is 2.00 bits per heavy atom. The minimum Gasteiger partial charge on any atom is -0.325 e. The molecule has 0 aliphatic heterocycles. The SMILES string of the molecule is CC(=O)Nc1ccsc1CNCc1ccc(F)c(F)c1. The topological polar surface area (TPSA) is 41.1 Å².